The minimum atomic E-state index is -0.717. The quantitative estimate of drug-likeness (QED) is 0.815. The first-order valence-corrected chi connectivity index (χ1v) is 6.63. The predicted octanol–water partition coefficient (Wildman–Crippen LogP) is 1.37. The number of amides is 2. The fourth-order valence-corrected chi connectivity index (χ4v) is 3.18. The van der Waals surface area contributed by atoms with Crippen LogP contribution in [0.3, 0.4) is 0 Å². The van der Waals surface area contributed by atoms with E-state index in [9.17, 15) is 14.7 Å². The third-order valence-electron chi connectivity index (χ3n) is 4.24. The van der Waals surface area contributed by atoms with E-state index in [0.717, 1.165) is 19.3 Å². The van der Waals surface area contributed by atoms with Crippen LogP contribution in [0.2, 0.25) is 0 Å². The molecule has 1 aromatic rings. The van der Waals surface area contributed by atoms with Crippen molar-refractivity contribution in [3.8, 4) is 0 Å². The van der Waals surface area contributed by atoms with E-state index in [2.05, 4.69) is 4.98 Å². The zero-order valence-electron chi connectivity index (χ0n) is 10.6. The SMILES string of the molecule is O=C1c2ccncc2C(=O)N1C1(CO)CCCCC1. The average Bonchev–Trinajstić information content (AvgIpc) is 2.73. The number of nitrogens with zero attached hydrogens (tertiary/aromatic N) is 2. The maximum absolute atomic E-state index is 12.4. The lowest BCUT2D eigenvalue weighted by molar-refractivity contribution is 0.0114. The fraction of sp³-hybridized carbons (Fsp3) is 0.500. The minimum Gasteiger partial charge on any atom is -0.394 e. The molecule has 19 heavy (non-hydrogen) atoms. The number of carbonyl (C=O) groups excluding carboxylic acids is 2. The molecular formula is C14H16N2O3. The molecule has 1 N–H and O–H groups in total. The second-order valence-electron chi connectivity index (χ2n) is 5.31. The topological polar surface area (TPSA) is 70.5 Å². The smallest absolute Gasteiger partial charge is 0.263 e. The highest BCUT2D eigenvalue weighted by molar-refractivity contribution is 6.21. The summed E-state index contributed by atoms with van der Waals surface area (Å²) in [5.74, 6) is -0.609. The van der Waals surface area contributed by atoms with Crippen LogP contribution in [0.5, 0.6) is 0 Å². The average molecular weight is 260 g/mol. The van der Waals surface area contributed by atoms with Crippen molar-refractivity contribution >= 4 is 11.8 Å². The van der Waals surface area contributed by atoms with Gasteiger partial charge in [-0.3, -0.25) is 19.5 Å². The Hall–Kier alpha value is -1.75. The number of hydrogen-bond donors (Lipinski definition) is 1. The summed E-state index contributed by atoms with van der Waals surface area (Å²) in [4.78, 5) is 30.0. The van der Waals surface area contributed by atoms with E-state index >= 15 is 0 Å². The third kappa shape index (κ3) is 1.69. The standard InChI is InChI=1S/C14H16N2O3/c17-9-14(5-2-1-3-6-14)16-12(18)10-4-7-15-8-11(10)13(16)19/h4,7-8,17H,1-3,5-6,9H2. The van der Waals surface area contributed by atoms with Gasteiger partial charge in [0.05, 0.1) is 23.3 Å². The van der Waals surface area contributed by atoms with Crippen LogP contribution in [0, 0.1) is 0 Å². The predicted molar refractivity (Wildman–Crippen MR) is 67.6 cm³/mol. The summed E-state index contributed by atoms with van der Waals surface area (Å²) in [6, 6.07) is 1.57. The highest BCUT2D eigenvalue weighted by atomic mass is 16.3. The molecule has 0 saturated heterocycles. The van der Waals surface area contributed by atoms with E-state index in [1.807, 2.05) is 0 Å². The van der Waals surface area contributed by atoms with E-state index in [0.29, 0.717) is 24.0 Å². The lowest BCUT2D eigenvalue weighted by Crippen LogP contribution is -2.55. The molecule has 0 atom stereocenters. The zero-order valence-corrected chi connectivity index (χ0v) is 10.6. The van der Waals surface area contributed by atoms with Crippen LogP contribution in [-0.2, 0) is 0 Å². The van der Waals surface area contributed by atoms with Gasteiger partial charge in [-0.1, -0.05) is 19.3 Å². The van der Waals surface area contributed by atoms with Gasteiger partial charge in [0.2, 0.25) is 0 Å². The molecule has 1 aliphatic carbocycles. The summed E-state index contributed by atoms with van der Waals surface area (Å²) in [5.41, 5.74) is 0.0371. The van der Waals surface area contributed by atoms with Gasteiger partial charge in [-0.05, 0) is 18.9 Å². The van der Waals surface area contributed by atoms with Gasteiger partial charge < -0.3 is 5.11 Å². The van der Waals surface area contributed by atoms with Gasteiger partial charge in [-0.25, -0.2) is 0 Å². The van der Waals surface area contributed by atoms with Gasteiger partial charge in [-0.15, -0.1) is 0 Å². The number of rotatable bonds is 2. The van der Waals surface area contributed by atoms with Crippen molar-refractivity contribution in [2.24, 2.45) is 0 Å². The number of pyridine rings is 1. The molecule has 5 heteroatoms. The lowest BCUT2D eigenvalue weighted by Gasteiger charge is -2.41. The van der Waals surface area contributed by atoms with Crippen LogP contribution in [0.1, 0.15) is 52.8 Å². The Morgan fingerprint density at radius 1 is 1.16 bits per heavy atom. The molecule has 5 nitrogen and oxygen atoms in total. The first-order chi connectivity index (χ1) is 9.19. The molecule has 1 aromatic heterocycles. The minimum absolute atomic E-state index is 0.161. The van der Waals surface area contributed by atoms with Crippen LogP contribution in [-0.4, -0.2) is 39.0 Å². The number of fused-ring (bicyclic) bond motifs is 1. The highest BCUT2D eigenvalue weighted by Crippen LogP contribution is 2.38. The number of aliphatic hydroxyl groups is 1. The number of aliphatic hydroxyl groups excluding tert-OH is 1. The summed E-state index contributed by atoms with van der Waals surface area (Å²) >= 11 is 0. The Morgan fingerprint density at radius 3 is 2.47 bits per heavy atom. The first-order valence-electron chi connectivity index (χ1n) is 6.63. The molecule has 0 spiro atoms. The molecule has 3 rings (SSSR count). The van der Waals surface area contributed by atoms with E-state index < -0.39 is 5.54 Å². The number of aromatic nitrogens is 1. The van der Waals surface area contributed by atoms with Crippen molar-refractivity contribution in [3.63, 3.8) is 0 Å². The second-order valence-corrected chi connectivity index (χ2v) is 5.31. The van der Waals surface area contributed by atoms with Gasteiger partial charge in [-0.2, -0.15) is 0 Å². The van der Waals surface area contributed by atoms with Crippen molar-refractivity contribution in [3.05, 3.63) is 29.6 Å². The van der Waals surface area contributed by atoms with Gasteiger partial charge in [0, 0.05) is 12.4 Å². The molecule has 2 heterocycles. The van der Waals surface area contributed by atoms with E-state index in [1.165, 1.54) is 17.3 Å². The second kappa shape index (κ2) is 4.42. The van der Waals surface area contributed by atoms with Crippen molar-refractivity contribution < 1.29 is 14.7 Å². The normalized spacial score (nSPS) is 21.6. The van der Waals surface area contributed by atoms with Crippen molar-refractivity contribution in [2.75, 3.05) is 6.61 Å². The molecule has 0 unspecified atom stereocenters. The van der Waals surface area contributed by atoms with E-state index in [1.54, 1.807) is 6.07 Å². The first kappa shape index (κ1) is 12.3. The molecule has 0 bridgehead atoms. The Kier molecular flexibility index (Phi) is 2.86. The number of carbonyl (C=O) groups is 2. The number of hydrogen-bond acceptors (Lipinski definition) is 4. The number of imide groups is 1. The molecular weight excluding hydrogens is 244 g/mol. The summed E-state index contributed by atoms with van der Waals surface area (Å²) in [6.45, 7) is -0.161. The van der Waals surface area contributed by atoms with E-state index in [-0.39, 0.29) is 18.4 Å². The maximum atomic E-state index is 12.4. The van der Waals surface area contributed by atoms with Crippen LogP contribution < -0.4 is 0 Å². The fourth-order valence-electron chi connectivity index (χ4n) is 3.18. The summed E-state index contributed by atoms with van der Waals surface area (Å²) in [5, 5.41) is 9.75. The molecule has 0 aromatic carbocycles. The largest absolute Gasteiger partial charge is 0.394 e. The van der Waals surface area contributed by atoms with Crippen LogP contribution in [0.15, 0.2) is 18.5 Å². The summed E-state index contributed by atoms with van der Waals surface area (Å²) in [6.07, 6.45) is 7.28. The highest BCUT2D eigenvalue weighted by Gasteiger charge is 2.49. The van der Waals surface area contributed by atoms with Gasteiger partial charge in [0.15, 0.2) is 0 Å². The van der Waals surface area contributed by atoms with Gasteiger partial charge >= 0.3 is 0 Å². The Labute approximate surface area is 111 Å². The zero-order chi connectivity index (χ0) is 13.5. The van der Waals surface area contributed by atoms with Crippen molar-refractivity contribution in [1.29, 1.82) is 0 Å². The lowest BCUT2D eigenvalue weighted by atomic mass is 9.81. The molecule has 100 valence electrons. The van der Waals surface area contributed by atoms with Crippen LogP contribution in [0.4, 0.5) is 0 Å². The van der Waals surface area contributed by atoms with Crippen LogP contribution >= 0.6 is 0 Å². The third-order valence-corrected chi connectivity index (χ3v) is 4.24. The van der Waals surface area contributed by atoms with Gasteiger partial charge in [0.25, 0.3) is 11.8 Å². The summed E-state index contributed by atoms with van der Waals surface area (Å²) < 4.78 is 0. The Balaban J connectivity index is 2.03. The van der Waals surface area contributed by atoms with Crippen LogP contribution in [0.25, 0.3) is 0 Å². The molecule has 1 aliphatic heterocycles. The van der Waals surface area contributed by atoms with Crippen molar-refractivity contribution in [2.45, 2.75) is 37.6 Å². The monoisotopic (exact) mass is 260 g/mol. The molecule has 2 aliphatic rings. The molecule has 1 fully saturated rings. The van der Waals surface area contributed by atoms with Crippen molar-refractivity contribution in [1.82, 2.24) is 9.88 Å². The van der Waals surface area contributed by atoms with E-state index in [4.69, 9.17) is 0 Å². The Morgan fingerprint density at radius 2 is 1.84 bits per heavy atom. The molecule has 0 radical (unpaired) electrons. The molecule has 1 saturated carbocycles. The maximum Gasteiger partial charge on any atom is 0.263 e. The van der Waals surface area contributed by atoms with Gasteiger partial charge in [0.1, 0.15) is 0 Å². The molecule has 2 amide bonds. The Bertz CT molecular complexity index is 500. The summed E-state index contributed by atoms with van der Waals surface area (Å²) in [7, 11) is 0.